The maximum Gasteiger partial charge on any atom is 0.418 e. The third kappa shape index (κ3) is 8.00. The summed E-state index contributed by atoms with van der Waals surface area (Å²) < 4.78 is 26.5. The van der Waals surface area contributed by atoms with Gasteiger partial charge in [0.15, 0.2) is 5.17 Å². The van der Waals surface area contributed by atoms with Crippen molar-refractivity contribution < 1.29 is 18.7 Å². The molecule has 0 radical (unpaired) electrons. The molecule has 0 saturated heterocycles. The lowest BCUT2D eigenvalue weighted by atomic mass is 9.94. The maximum absolute atomic E-state index is 14.5. The quantitative estimate of drug-likeness (QED) is 0.185. The fraction of sp³-hybridized carbons (Fsp3) is 0.571. The number of carbonyl (C=O) groups excluding carboxylic acids is 1. The van der Waals surface area contributed by atoms with Gasteiger partial charge in [-0.15, -0.1) is 0 Å². The zero-order chi connectivity index (χ0) is 23.4. The molecule has 1 aliphatic rings. The van der Waals surface area contributed by atoms with Gasteiger partial charge in [-0.3, -0.25) is 0 Å². The van der Waals surface area contributed by atoms with E-state index in [1.54, 1.807) is 45.2 Å². The van der Waals surface area contributed by atoms with Gasteiger partial charge in [-0.1, -0.05) is 31.4 Å². The summed E-state index contributed by atoms with van der Waals surface area (Å²) in [7, 11) is -1.27. The molecule has 0 bridgehead atoms. The topological polar surface area (TPSA) is 64.0 Å². The van der Waals surface area contributed by atoms with E-state index in [2.05, 4.69) is 40.6 Å². The Morgan fingerprint density at radius 3 is 2.65 bits per heavy atom. The van der Waals surface area contributed by atoms with Crippen molar-refractivity contribution in [2.45, 2.75) is 64.5 Å². The lowest BCUT2D eigenvalue weighted by molar-refractivity contribution is 0.0111. The first-order valence-electron chi connectivity index (χ1n) is 10.0. The highest BCUT2D eigenvalue weighted by molar-refractivity contribution is 9.10. The van der Waals surface area contributed by atoms with Crippen LogP contribution in [0.1, 0.15) is 33.3 Å². The summed E-state index contributed by atoms with van der Waals surface area (Å²) in [6, 6.07) is 2.62. The van der Waals surface area contributed by atoms with Crippen molar-refractivity contribution >= 4 is 47.0 Å². The van der Waals surface area contributed by atoms with E-state index >= 15 is 0 Å². The van der Waals surface area contributed by atoms with E-state index in [4.69, 9.17) is 14.5 Å². The van der Waals surface area contributed by atoms with Crippen LogP contribution in [0.25, 0.3) is 0 Å². The molecule has 10 heteroatoms. The second-order valence-corrected chi connectivity index (χ2v) is 17.1. The van der Waals surface area contributed by atoms with Gasteiger partial charge >= 0.3 is 6.09 Å². The Hall–Kier alpha value is -1.23. The summed E-state index contributed by atoms with van der Waals surface area (Å²) in [4.78, 5) is 22.8. The van der Waals surface area contributed by atoms with Crippen molar-refractivity contribution in [2.24, 2.45) is 4.99 Å². The number of aliphatic imine (C=N–C) groups is 1. The van der Waals surface area contributed by atoms with Gasteiger partial charge in [0.25, 0.3) is 0 Å². The predicted molar refractivity (Wildman–Crippen MR) is 130 cm³/mol. The fourth-order valence-corrected chi connectivity index (χ4v) is 4.62. The summed E-state index contributed by atoms with van der Waals surface area (Å²) in [5.74, 6) is -0.611. The number of carbonyl (C=O) groups is 1. The normalized spacial score (nSPS) is 19.2. The SMILES string of the molecule is CC(C)(C)OC(=O)N(COCC[Si](C)(C)C)C1=N[C@](C)(c2cc(Br)cnc2F)C=CS1. The van der Waals surface area contributed by atoms with Crippen molar-refractivity contribution in [2.75, 3.05) is 13.3 Å². The first-order chi connectivity index (χ1) is 14.2. The third-order valence-electron chi connectivity index (χ3n) is 4.31. The van der Waals surface area contributed by atoms with Gasteiger partial charge in [0.2, 0.25) is 5.95 Å². The van der Waals surface area contributed by atoms with E-state index in [-0.39, 0.29) is 6.73 Å². The number of amidine groups is 1. The number of nitrogens with zero attached hydrogens (tertiary/aromatic N) is 3. The fourth-order valence-electron chi connectivity index (χ4n) is 2.58. The highest BCUT2D eigenvalue weighted by atomic mass is 79.9. The van der Waals surface area contributed by atoms with E-state index in [0.717, 1.165) is 6.04 Å². The van der Waals surface area contributed by atoms with Gasteiger partial charge in [-0.25, -0.2) is 19.7 Å². The third-order valence-corrected chi connectivity index (χ3v) is 7.24. The molecule has 1 amide bonds. The molecule has 0 unspecified atom stereocenters. The van der Waals surface area contributed by atoms with Crippen LogP contribution in [0.2, 0.25) is 25.7 Å². The molecule has 0 aliphatic carbocycles. The summed E-state index contributed by atoms with van der Waals surface area (Å²) in [5, 5.41) is 2.17. The van der Waals surface area contributed by atoms with E-state index in [1.165, 1.54) is 22.9 Å². The van der Waals surface area contributed by atoms with E-state index in [0.29, 0.717) is 21.8 Å². The van der Waals surface area contributed by atoms with Crippen LogP contribution in [0, 0.1) is 5.95 Å². The lowest BCUT2D eigenvalue weighted by Gasteiger charge is -2.32. The predicted octanol–water partition coefficient (Wildman–Crippen LogP) is 6.36. The number of rotatable bonds is 6. The average Bonchev–Trinajstić information content (AvgIpc) is 2.61. The highest BCUT2D eigenvalue weighted by Gasteiger charge is 2.34. The maximum atomic E-state index is 14.5. The number of ether oxygens (including phenoxy) is 2. The summed E-state index contributed by atoms with van der Waals surface area (Å²) in [6.07, 6.45) is 2.62. The van der Waals surface area contributed by atoms with Gasteiger partial charge in [0, 0.05) is 30.9 Å². The molecule has 0 saturated carbocycles. The minimum Gasteiger partial charge on any atom is -0.443 e. The summed E-state index contributed by atoms with van der Waals surface area (Å²) in [6.45, 7) is 14.5. The number of amides is 1. The number of thioether (sulfide) groups is 1. The van der Waals surface area contributed by atoms with E-state index in [1.807, 2.05) is 0 Å². The van der Waals surface area contributed by atoms with E-state index < -0.39 is 31.3 Å². The molecule has 1 atom stereocenters. The minimum atomic E-state index is -1.27. The summed E-state index contributed by atoms with van der Waals surface area (Å²) >= 11 is 4.60. The van der Waals surface area contributed by atoms with Crippen LogP contribution in [-0.2, 0) is 15.0 Å². The highest BCUT2D eigenvalue weighted by Crippen LogP contribution is 2.36. The van der Waals surface area contributed by atoms with Crippen LogP contribution in [-0.4, -0.2) is 48.2 Å². The molecular weight excluding hydrogens is 501 g/mol. The number of halogens is 2. The zero-order valence-electron chi connectivity index (χ0n) is 19.2. The van der Waals surface area contributed by atoms with Gasteiger partial charge in [0.05, 0.1) is 0 Å². The molecule has 2 heterocycles. The zero-order valence-corrected chi connectivity index (χ0v) is 22.6. The monoisotopic (exact) mass is 531 g/mol. The van der Waals surface area contributed by atoms with Gasteiger partial charge < -0.3 is 9.47 Å². The first kappa shape index (κ1) is 26.0. The van der Waals surface area contributed by atoms with Crippen molar-refractivity contribution in [3.8, 4) is 0 Å². The smallest absolute Gasteiger partial charge is 0.418 e. The molecule has 31 heavy (non-hydrogen) atoms. The molecule has 172 valence electrons. The van der Waals surface area contributed by atoms with Gasteiger partial charge in [-0.05, 0) is 67.2 Å². The van der Waals surface area contributed by atoms with Crippen LogP contribution in [0.5, 0.6) is 0 Å². The van der Waals surface area contributed by atoms with Crippen LogP contribution in [0.3, 0.4) is 0 Å². The van der Waals surface area contributed by atoms with Crippen LogP contribution >= 0.6 is 27.7 Å². The molecule has 0 spiro atoms. The standard InChI is InChI=1S/C21H31BrFN3O3SSi/c1-20(2,3)29-19(27)26(14-28-9-11-31(5,6)7)18-25-21(4,8-10-30-18)16-12-15(22)13-24-17(16)23/h8,10,12-13H,9,11,14H2,1-7H3/t21-/m0/s1. The van der Waals surface area contributed by atoms with Crippen molar-refractivity contribution in [1.82, 2.24) is 9.88 Å². The Labute approximate surface area is 197 Å². The van der Waals surface area contributed by atoms with Crippen LogP contribution in [0.15, 0.2) is 33.2 Å². The molecule has 0 aromatic carbocycles. The molecule has 1 aromatic rings. The first-order valence-corrected chi connectivity index (χ1v) is 15.4. The molecule has 2 rings (SSSR count). The number of hydrogen-bond acceptors (Lipinski definition) is 6. The second-order valence-electron chi connectivity index (χ2n) is 9.71. The van der Waals surface area contributed by atoms with Crippen molar-refractivity contribution in [3.05, 3.63) is 39.7 Å². The van der Waals surface area contributed by atoms with Crippen LogP contribution in [0.4, 0.5) is 9.18 Å². The second kappa shape index (κ2) is 10.1. The minimum absolute atomic E-state index is 0.00830. The molecule has 6 nitrogen and oxygen atoms in total. The summed E-state index contributed by atoms with van der Waals surface area (Å²) in [5.41, 5.74) is -1.40. The molecular formula is C21H31BrFN3O3SSi. The Bertz CT molecular complexity index is 870. The Balaban J connectivity index is 2.32. The molecule has 1 aromatic heterocycles. The number of hydrogen-bond donors (Lipinski definition) is 0. The Kier molecular flexibility index (Phi) is 8.51. The van der Waals surface area contributed by atoms with Gasteiger partial charge in [-0.2, -0.15) is 4.39 Å². The Morgan fingerprint density at radius 2 is 2.03 bits per heavy atom. The van der Waals surface area contributed by atoms with E-state index in [9.17, 15) is 9.18 Å². The van der Waals surface area contributed by atoms with Crippen molar-refractivity contribution in [1.29, 1.82) is 0 Å². The number of aromatic nitrogens is 1. The lowest BCUT2D eigenvalue weighted by Crippen LogP contribution is -2.42. The van der Waals surface area contributed by atoms with Crippen LogP contribution < -0.4 is 0 Å². The van der Waals surface area contributed by atoms with Crippen molar-refractivity contribution in [3.63, 3.8) is 0 Å². The molecule has 0 fully saturated rings. The number of pyridine rings is 1. The van der Waals surface area contributed by atoms with Gasteiger partial charge in [0.1, 0.15) is 17.9 Å². The molecule has 1 aliphatic heterocycles. The Morgan fingerprint density at radius 1 is 1.35 bits per heavy atom. The molecule has 0 N–H and O–H groups in total. The largest absolute Gasteiger partial charge is 0.443 e. The average molecular weight is 533 g/mol.